The molecule has 5 aromatic rings. The third kappa shape index (κ3) is 4.69. The largest absolute Gasteiger partial charge is 0.508 e. The Morgan fingerprint density at radius 3 is 1.21 bits per heavy atom. The minimum absolute atomic E-state index is 0.0840. The van der Waals surface area contributed by atoms with Crippen molar-refractivity contribution in [2.24, 2.45) is 0 Å². The number of hydrogen-bond donors (Lipinski definition) is 7. The van der Waals surface area contributed by atoms with Gasteiger partial charge in [-0.2, -0.15) is 0 Å². The van der Waals surface area contributed by atoms with E-state index in [0.29, 0.717) is 11.1 Å². The highest BCUT2D eigenvalue weighted by atomic mass is 16.3. The summed E-state index contributed by atoms with van der Waals surface area (Å²) < 4.78 is 0. The monoisotopic (exact) mass is 510 g/mol. The number of rotatable bonds is 6. The highest BCUT2D eigenvalue weighted by Crippen LogP contribution is 2.49. The van der Waals surface area contributed by atoms with E-state index in [9.17, 15) is 35.7 Å². The van der Waals surface area contributed by atoms with Gasteiger partial charge in [-0.3, -0.25) is 0 Å². The van der Waals surface area contributed by atoms with Gasteiger partial charge in [-0.1, -0.05) is 36.4 Å². The smallest absolute Gasteiger partial charge is 0.134 e. The summed E-state index contributed by atoms with van der Waals surface area (Å²) in [5, 5.41) is 74.3. The minimum atomic E-state index is -0.315. The Hall–Kier alpha value is -5.04. The van der Waals surface area contributed by atoms with Crippen LogP contribution in [0.25, 0.3) is 10.8 Å². The first-order valence-electron chi connectivity index (χ1n) is 12.0. The van der Waals surface area contributed by atoms with Crippen LogP contribution < -0.4 is 0 Å². The summed E-state index contributed by atoms with van der Waals surface area (Å²) in [6.07, 6.45) is 0.445. The molecule has 0 spiro atoms. The van der Waals surface area contributed by atoms with Crippen molar-refractivity contribution >= 4 is 10.8 Å². The molecule has 0 saturated heterocycles. The molecule has 0 unspecified atom stereocenters. The molecule has 7 heteroatoms. The van der Waals surface area contributed by atoms with Crippen molar-refractivity contribution in [3.63, 3.8) is 0 Å². The summed E-state index contributed by atoms with van der Waals surface area (Å²) in [7, 11) is 0. The molecule has 0 saturated carbocycles. The van der Waals surface area contributed by atoms with Gasteiger partial charge >= 0.3 is 0 Å². The Bertz CT molecular complexity index is 1610. The summed E-state index contributed by atoms with van der Waals surface area (Å²) in [5.41, 5.74) is 2.96. The third-order valence-electron chi connectivity index (χ3n) is 6.75. The first-order valence-corrected chi connectivity index (χ1v) is 12.0. The number of benzene rings is 5. The van der Waals surface area contributed by atoms with E-state index >= 15 is 0 Å². The van der Waals surface area contributed by atoms with Crippen molar-refractivity contribution in [3.05, 3.63) is 112 Å². The topological polar surface area (TPSA) is 142 Å². The molecular weight excluding hydrogens is 484 g/mol. The predicted octanol–water partition coefficient (Wildman–Crippen LogP) is 5.55. The van der Waals surface area contributed by atoms with Gasteiger partial charge in [-0.15, -0.1) is 0 Å². The fraction of sp³-hybridized carbons (Fsp3) is 0.0968. The molecule has 7 N–H and O–H groups in total. The maximum absolute atomic E-state index is 11.4. The summed E-state index contributed by atoms with van der Waals surface area (Å²) >= 11 is 0. The van der Waals surface area contributed by atoms with Gasteiger partial charge in [-0.25, -0.2) is 0 Å². The number of phenols is 7. The van der Waals surface area contributed by atoms with E-state index in [1.807, 2.05) is 0 Å². The molecule has 192 valence electrons. The lowest BCUT2D eigenvalue weighted by atomic mass is 9.88. The Labute approximate surface area is 218 Å². The minimum Gasteiger partial charge on any atom is -0.508 e. The van der Waals surface area contributed by atoms with Crippen molar-refractivity contribution in [2.75, 3.05) is 0 Å². The van der Waals surface area contributed by atoms with Gasteiger partial charge in [0.1, 0.15) is 40.2 Å². The number of aromatic hydroxyl groups is 7. The van der Waals surface area contributed by atoms with Gasteiger partial charge in [0.15, 0.2) is 0 Å². The van der Waals surface area contributed by atoms with Gasteiger partial charge < -0.3 is 35.7 Å². The molecule has 0 atom stereocenters. The van der Waals surface area contributed by atoms with Gasteiger partial charge in [0.25, 0.3) is 0 Å². The predicted molar refractivity (Wildman–Crippen MR) is 143 cm³/mol. The first-order chi connectivity index (χ1) is 18.2. The molecule has 38 heavy (non-hydrogen) atoms. The zero-order valence-electron chi connectivity index (χ0n) is 20.3. The van der Waals surface area contributed by atoms with Crippen molar-refractivity contribution in [1.29, 1.82) is 0 Å². The molecule has 5 rings (SSSR count). The van der Waals surface area contributed by atoms with E-state index in [4.69, 9.17) is 0 Å². The quantitative estimate of drug-likeness (QED) is 0.159. The van der Waals surface area contributed by atoms with Crippen LogP contribution >= 0.6 is 0 Å². The maximum Gasteiger partial charge on any atom is 0.134 e. The van der Waals surface area contributed by atoms with Crippen molar-refractivity contribution in [1.82, 2.24) is 0 Å². The Morgan fingerprint density at radius 2 is 0.763 bits per heavy atom. The van der Waals surface area contributed by atoms with Crippen molar-refractivity contribution < 1.29 is 35.7 Å². The normalized spacial score (nSPS) is 11.2. The van der Waals surface area contributed by atoms with Gasteiger partial charge in [0.05, 0.1) is 5.39 Å². The van der Waals surface area contributed by atoms with E-state index < -0.39 is 0 Å². The van der Waals surface area contributed by atoms with E-state index in [2.05, 4.69) is 0 Å². The van der Waals surface area contributed by atoms with Gasteiger partial charge in [0, 0.05) is 41.3 Å². The lowest BCUT2D eigenvalue weighted by molar-refractivity contribution is 0.431. The molecule has 0 aliphatic carbocycles. The van der Waals surface area contributed by atoms with Crippen LogP contribution in [0.4, 0.5) is 0 Å². The molecule has 0 bridgehead atoms. The fourth-order valence-corrected chi connectivity index (χ4v) is 4.72. The van der Waals surface area contributed by atoms with Crippen molar-refractivity contribution in [3.8, 4) is 40.2 Å². The second-order valence-electron chi connectivity index (χ2n) is 9.33. The Morgan fingerprint density at radius 1 is 0.395 bits per heavy atom. The van der Waals surface area contributed by atoms with E-state index in [1.165, 1.54) is 42.5 Å². The van der Waals surface area contributed by atoms with Crippen LogP contribution in [0.3, 0.4) is 0 Å². The van der Waals surface area contributed by atoms with Gasteiger partial charge in [-0.05, 0) is 59.2 Å². The molecule has 0 amide bonds. The van der Waals surface area contributed by atoms with Crippen LogP contribution in [0.1, 0.15) is 33.4 Å². The van der Waals surface area contributed by atoms with Crippen LogP contribution in [0.15, 0.2) is 78.9 Å². The first kappa shape index (κ1) is 24.6. The third-order valence-corrected chi connectivity index (χ3v) is 6.75. The van der Waals surface area contributed by atoms with E-state index in [1.54, 1.807) is 36.4 Å². The standard InChI is InChI=1S/C31H26O7/c32-20-7-1-17(2-8-20)13-24-23-16-27(35)25(14-18-3-9-21(33)10-4-18)30(37)28(23)31(38)26(29(24)36)15-19-5-11-22(34)12-6-19/h1-12,16,32-38H,13-15H2. The van der Waals surface area contributed by atoms with E-state index in [0.717, 1.165) is 11.1 Å². The molecule has 0 radical (unpaired) electrons. The summed E-state index contributed by atoms with van der Waals surface area (Å²) in [5.74, 6) is -0.752. The summed E-state index contributed by atoms with van der Waals surface area (Å²) in [4.78, 5) is 0. The number of fused-ring (bicyclic) bond motifs is 1. The molecule has 0 heterocycles. The van der Waals surface area contributed by atoms with Gasteiger partial charge in [0.2, 0.25) is 0 Å². The highest BCUT2D eigenvalue weighted by Gasteiger charge is 2.25. The van der Waals surface area contributed by atoms with Crippen LogP contribution in [0, 0.1) is 0 Å². The zero-order valence-corrected chi connectivity index (χ0v) is 20.3. The van der Waals surface area contributed by atoms with E-state index in [-0.39, 0.29) is 81.4 Å². The molecule has 0 aliphatic heterocycles. The lowest BCUT2D eigenvalue weighted by Gasteiger charge is -2.20. The van der Waals surface area contributed by atoms with Crippen LogP contribution in [0.5, 0.6) is 40.2 Å². The fourth-order valence-electron chi connectivity index (χ4n) is 4.72. The van der Waals surface area contributed by atoms with Crippen LogP contribution in [-0.2, 0) is 19.3 Å². The highest BCUT2D eigenvalue weighted by molar-refractivity contribution is 6.01. The molecule has 0 aromatic heterocycles. The average Bonchev–Trinajstić information content (AvgIpc) is 2.90. The Kier molecular flexibility index (Phi) is 6.34. The Balaban J connectivity index is 1.72. The molecule has 0 fully saturated rings. The zero-order chi connectivity index (χ0) is 27.0. The molecule has 0 aliphatic rings. The second kappa shape index (κ2) is 9.78. The molecular formula is C31H26O7. The SMILES string of the molecule is Oc1ccc(Cc2c(O)cc3c(Cc4ccc(O)cc4)c(O)c(Cc4ccc(O)cc4)c(O)c3c2O)cc1. The lowest BCUT2D eigenvalue weighted by Crippen LogP contribution is -2.00. The number of phenolic OH excluding ortho intramolecular Hbond substituents is 7. The summed E-state index contributed by atoms with van der Waals surface area (Å²) in [6.45, 7) is 0. The summed E-state index contributed by atoms with van der Waals surface area (Å²) in [6, 6.07) is 20.6. The molecule has 7 nitrogen and oxygen atoms in total. The van der Waals surface area contributed by atoms with Crippen molar-refractivity contribution in [2.45, 2.75) is 19.3 Å². The van der Waals surface area contributed by atoms with Crippen LogP contribution in [0.2, 0.25) is 0 Å². The maximum atomic E-state index is 11.4. The molecule has 5 aromatic carbocycles. The second-order valence-corrected chi connectivity index (χ2v) is 9.33. The number of hydrogen-bond acceptors (Lipinski definition) is 7. The van der Waals surface area contributed by atoms with Crippen LogP contribution in [-0.4, -0.2) is 35.7 Å². The average molecular weight is 511 g/mol.